The molecule has 0 aromatic heterocycles. The molecule has 1 N–H and O–H groups in total. The van der Waals surface area contributed by atoms with Crippen molar-refractivity contribution in [3.05, 3.63) is 35.7 Å². The van der Waals surface area contributed by atoms with Gasteiger partial charge < -0.3 is 9.84 Å². The van der Waals surface area contributed by atoms with E-state index in [1.807, 2.05) is 0 Å². The van der Waals surface area contributed by atoms with Gasteiger partial charge in [-0.2, -0.15) is 0 Å². The van der Waals surface area contributed by atoms with Crippen molar-refractivity contribution in [2.75, 3.05) is 0 Å². The van der Waals surface area contributed by atoms with Crippen LogP contribution in [0, 0.1) is 5.82 Å². The molecule has 1 rings (SSSR count). The number of carboxylic acids is 1. The molecule has 0 fully saturated rings. The van der Waals surface area contributed by atoms with Gasteiger partial charge in [0.25, 0.3) is 0 Å². The zero-order valence-corrected chi connectivity index (χ0v) is 8.16. The largest absolute Gasteiger partial charge is 0.573 e. The molecule has 0 unspecified atom stereocenters. The quantitative estimate of drug-likeness (QED) is 0.662. The number of carboxylic acid groups (broad SMARTS) is 1. The topological polar surface area (TPSA) is 46.5 Å². The molecule has 1 aromatic rings. The Kier molecular flexibility index (Phi) is 3.72. The van der Waals surface area contributed by atoms with E-state index >= 15 is 0 Å². The second-order valence-corrected chi connectivity index (χ2v) is 2.94. The van der Waals surface area contributed by atoms with E-state index in [-0.39, 0.29) is 5.56 Å². The Hall–Kier alpha value is -2.05. The normalized spacial score (nSPS) is 11.8. The summed E-state index contributed by atoms with van der Waals surface area (Å²) in [6.07, 6.45) is -3.30. The lowest BCUT2D eigenvalue weighted by atomic mass is 10.2. The van der Waals surface area contributed by atoms with Crippen molar-refractivity contribution in [1.29, 1.82) is 0 Å². The molecule has 17 heavy (non-hydrogen) atoms. The van der Waals surface area contributed by atoms with Crippen LogP contribution in [0.2, 0.25) is 0 Å². The number of aliphatic carboxylic acids is 1. The molecule has 0 bridgehead atoms. The maximum absolute atomic E-state index is 12.9. The highest BCUT2D eigenvalue weighted by Crippen LogP contribution is 2.25. The van der Waals surface area contributed by atoms with E-state index in [2.05, 4.69) is 4.74 Å². The van der Waals surface area contributed by atoms with Gasteiger partial charge in [0, 0.05) is 12.1 Å². The maximum Gasteiger partial charge on any atom is 0.573 e. The summed E-state index contributed by atoms with van der Waals surface area (Å²) < 4.78 is 52.0. The fourth-order valence-electron chi connectivity index (χ4n) is 1.04. The molecule has 0 spiro atoms. The highest BCUT2D eigenvalue weighted by Gasteiger charge is 2.31. The van der Waals surface area contributed by atoms with Crippen molar-refractivity contribution in [3.8, 4) is 5.75 Å². The highest BCUT2D eigenvalue weighted by molar-refractivity contribution is 5.85. The van der Waals surface area contributed by atoms with E-state index in [9.17, 15) is 22.4 Å². The van der Waals surface area contributed by atoms with Crippen LogP contribution in [0.3, 0.4) is 0 Å². The second-order valence-electron chi connectivity index (χ2n) is 2.94. The van der Waals surface area contributed by atoms with Crippen molar-refractivity contribution < 1.29 is 32.2 Å². The molecule has 0 aliphatic rings. The van der Waals surface area contributed by atoms with E-state index < -0.39 is 23.9 Å². The van der Waals surface area contributed by atoms with Crippen molar-refractivity contribution in [2.24, 2.45) is 0 Å². The number of halogens is 4. The van der Waals surface area contributed by atoms with Crippen molar-refractivity contribution in [3.63, 3.8) is 0 Å². The van der Waals surface area contributed by atoms with Gasteiger partial charge >= 0.3 is 12.3 Å². The Bertz CT molecular complexity index is 451. The van der Waals surface area contributed by atoms with Crippen molar-refractivity contribution in [2.45, 2.75) is 6.36 Å². The van der Waals surface area contributed by atoms with Gasteiger partial charge in [0.1, 0.15) is 11.6 Å². The van der Waals surface area contributed by atoms with Gasteiger partial charge in [-0.1, -0.05) is 0 Å². The van der Waals surface area contributed by atoms with Gasteiger partial charge in [0.05, 0.1) is 0 Å². The summed E-state index contributed by atoms with van der Waals surface area (Å²) in [6.45, 7) is 0. The Morgan fingerprint density at radius 3 is 2.47 bits per heavy atom. The maximum atomic E-state index is 12.9. The molecule has 7 heteroatoms. The first-order valence-corrected chi connectivity index (χ1v) is 4.23. The summed E-state index contributed by atoms with van der Waals surface area (Å²) in [6, 6.07) is 2.30. The average Bonchev–Trinajstić information content (AvgIpc) is 2.10. The minimum atomic E-state index is -4.93. The fourth-order valence-corrected chi connectivity index (χ4v) is 1.04. The van der Waals surface area contributed by atoms with Crippen LogP contribution in [-0.4, -0.2) is 17.4 Å². The first kappa shape index (κ1) is 13.0. The summed E-state index contributed by atoms with van der Waals surface area (Å²) in [7, 11) is 0. The first-order valence-electron chi connectivity index (χ1n) is 4.23. The molecule has 92 valence electrons. The molecule has 0 saturated carbocycles. The third-order valence-electron chi connectivity index (χ3n) is 1.55. The van der Waals surface area contributed by atoms with Gasteiger partial charge in [0.15, 0.2) is 0 Å². The number of alkyl halides is 3. The molecule has 0 amide bonds. The molecule has 0 atom stereocenters. The molecule has 0 aliphatic carbocycles. The molecule has 0 aliphatic heterocycles. The molecule has 0 heterocycles. The van der Waals surface area contributed by atoms with Gasteiger partial charge in [0.2, 0.25) is 0 Å². The monoisotopic (exact) mass is 250 g/mol. The SMILES string of the molecule is O=C(O)/C=C/c1cc(F)cc(OC(F)(F)F)c1. The van der Waals surface area contributed by atoms with Crippen LogP contribution in [0.25, 0.3) is 6.08 Å². The molecule has 1 aromatic carbocycles. The van der Waals surface area contributed by atoms with Crippen LogP contribution in [0.5, 0.6) is 5.75 Å². The molecule has 3 nitrogen and oxygen atoms in total. The Morgan fingerprint density at radius 2 is 1.94 bits per heavy atom. The molecular formula is C10H6F4O3. The Labute approximate surface area is 92.9 Å². The summed E-state index contributed by atoms with van der Waals surface area (Å²) in [5.74, 6) is -3.01. The Balaban J connectivity index is 2.98. The van der Waals surface area contributed by atoms with E-state index in [1.54, 1.807) is 0 Å². The third-order valence-corrected chi connectivity index (χ3v) is 1.55. The second kappa shape index (κ2) is 4.86. The van der Waals surface area contributed by atoms with E-state index in [0.717, 1.165) is 18.2 Å². The minimum absolute atomic E-state index is 0.0494. The van der Waals surface area contributed by atoms with Gasteiger partial charge in [-0.15, -0.1) is 13.2 Å². The van der Waals surface area contributed by atoms with Crippen LogP contribution in [0.15, 0.2) is 24.3 Å². The summed E-state index contributed by atoms with van der Waals surface area (Å²) in [5, 5.41) is 8.31. The number of benzene rings is 1. The van der Waals surface area contributed by atoms with E-state index in [1.165, 1.54) is 0 Å². The van der Waals surface area contributed by atoms with Crippen LogP contribution < -0.4 is 4.74 Å². The van der Waals surface area contributed by atoms with Crippen LogP contribution >= 0.6 is 0 Å². The lowest BCUT2D eigenvalue weighted by molar-refractivity contribution is -0.274. The van der Waals surface area contributed by atoms with Crippen LogP contribution in [-0.2, 0) is 4.79 Å². The zero-order valence-electron chi connectivity index (χ0n) is 8.16. The number of hydrogen-bond acceptors (Lipinski definition) is 2. The third kappa shape index (κ3) is 5.01. The van der Waals surface area contributed by atoms with Crippen LogP contribution in [0.1, 0.15) is 5.56 Å². The van der Waals surface area contributed by atoms with Crippen molar-refractivity contribution in [1.82, 2.24) is 0 Å². The molecular weight excluding hydrogens is 244 g/mol. The first-order chi connectivity index (χ1) is 7.76. The smallest absolute Gasteiger partial charge is 0.478 e. The van der Waals surface area contributed by atoms with Crippen LogP contribution in [0.4, 0.5) is 17.6 Å². The van der Waals surface area contributed by atoms with E-state index in [0.29, 0.717) is 12.1 Å². The van der Waals surface area contributed by atoms with Gasteiger partial charge in [-0.05, 0) is 23.8 Å². The van der Waals surface area contributed by atoms with E-state index in [4.69, 9.17) is 5.11 Å². The standard InChI is InChI=1S/C10H6F4O3/c11-7-3-6(1-2-9(15)16)4-8(5-7)17-10(12,13)14/h1-5H,(H,15,16)/b2-1+. The summed E-state index contributed by atoms with van der Waals surface area (Å²) in [5.41, 5.74) is -0.0494. The number of hydrogen-bond donors (Lipinski definition) is 1. The van der Waals surface area contributed by atoms with Crippen molar-refractivity contribution >= 4 is 12.0 Å². The summed E-state index contributed by atoms with van der Waals surface area (Å²) >= 11 is 0. The van der Waals surface area contributed by atoms with Gasteiger partial charge in [-0.25, -0.2) is 9.18 Å². The lowest BCUT2D eigenvalue weighted by Crippen LogP contribution is -2.17. The minimum Gasteiger partial charge on any atom is -0.478 e. The predicted molar refractivity (Wildman–Crippen MR) is 49.8 cm³/mol. The average molecular weight is 250 g/mol. The highest BCUT2D eigenvalue weighted by atomic mass is 19.4. The number of carbonyl (C=O) groups is 1. The lowest BCUT2D eigenvalue weighted by Gasteiger charge is -2.09. The predicted octanol–water partition coefficient (Wildman–Crippen LogP) is 2.82. The number of ether oxygens (including phenoxy) is 1. The Morgan fingerprint density at radius 1 is 1.29 bits per heavy atom. The van der Waals surface area contributed by atoms with Gasteiger partial charge in [-0.3, -0.25) is 0 Å². The number of rotatable bonds is 3. The zero-order chi connectivity index (χ0) is 13.1. The fraction of sp³-hybridized carbons (Fsp3) is 0.100. The summed E-state index contributed by atoms with van der Waals surface area (Å²) in [4.78, 5) is 10.2. The molecule has 0 saturated heterocycles. The molecule has 0 radical (unpaired) electrons.